The molecule has 1 amide bonds. The van der Waals surface area contributed by atoms with Crippen LogP contribution in [0.5, 0.6) is 0 Å². The Morgan fingerprint density at radius 3 is 2.57 bits per heavy atom. The third-order valence-electron chi connectivity index (χ3n) is 3.77. The highest BCUT2D eigenvalue weighted by atomic mass is 79.9. The van der Waals surface area contributed by atoms with E-state index < -0.39 is 24.0 Å². The van der Waals surface area contributed by atoms with Crippen molar-refractivity contribution in [1.29, 1.82) is 0 Å². The van der Waals surface area contributed by atoms with E-state index in [2.05, 4.69) is 21.2 Å². The quantitative estimate of drug-likeness (QED) is 0.782. The Kier molecular flexibility index (Phi) is 4.81. The van der Waals surface area contributed by atoms with Crippen molar-refractivity contribution in [2.45, 2.75) is 37.9 Å². The number of amides is 1. The van der Waals surface area contributed by atoms with Gasteiger partial charge >= 0.3 is 6.18 Å². The van der Waals surface area contributed by atoms with Crippen LogP contribution in [0.3, 0.4) is 0 Å². The zero-order valence-corrected chi connectivity index (χ0v) is 12.8. The molecule has 0 saturated heterocycles. The van der Waals surface area contributed by atoms with E-state index in [1.165, 1.54) is 12.1 Å². The van der Waals surface area contributed by atoms with Crippen molar-refractivity contribution >= 4 is 27.5 Å². The molecule has 1 saturated carbocycles. The van der Waals surface area contributed by atoms with Crippen molar-refractivity contribution in [3.63, 3.8) is 0 Å². The predicted octanol–water partition coefficient (Wildman–Crippen LogP) is 3.88. The maximum atomic E-state index is 13.0. The Balaban J connectivity index is 2.11. The van der Waals surface area contributed by atoms with E-state index in [9.17, 15) is 18.0 Å². The summed E-state index contributed by atoms with van der Waals surface area (Å²) in [6.45, 7) is 0. The van der Waals surface area contributed by atoms with Crippen LogP contribution in [-0.4, -0.2) is 18.1 Å². The van der Waals surface area contributed by atoms with Gasteiger partial charge in [-0.2, -0.15) is 13.2 Å². The lowest BCUT2D eigenvalue weighted by molar-refractivity contribution is -0.187. The molecule has 1 fully saturated rings. The number of hydrogen-bond donors (Lipinski definition) is 2. The third kappa shape index (κ3) is 3.90. The first-order valence-electron chi connectivity index (χ1n) is 6.71. The molecule has 21 heavy (non-hydrogen) atoms. The maximum Gasteiger partial charge on any atom is 0.393 e. The molecule has 1 aromatic rings. The molecule has 1 aliphatic rings. The lowest BCUT2D eigenvalue weighted by Crippen LogP contribution is -2.47. The monoisotopic (exact) mass is 364 g/mol. The second-order valence-corrected chi connectivity index (χ2v) is 6.10. The summed E-state index contributed by atoms with van der Waals surface area (Å²) in [4.78, 5) is 12.1. The third-order valence-corrected chi connectivity index (χ3v) is 4.45. The van der Waals surface area contributed by atoms with Gasteiger partial charge in [0.05, 0.1) is 5.92 Å². The molecule has 0 aromatic heterocycles. The van der Waals surface area contributed by atoms with E-state index in [4.69, 9.17) is 5.73 Å². The first-order valence-corrected chi connectivity index (χ1v) is 7.51. The second-order valence-electron chi connectivity index (χ2n) is 5.25. The molecule has 1 aliphatic carbocycles. The molecular weight excluding hydrogens is 349 g/mol. The first kappa shape index (κ1) is 16.1. The number of halogens is 4. The average Bonchev–Trinajstić information content (AvgIpc) is 2.41. The first-order chi connectivity index (χ1) is 9.79. The van der Waals surface area contributed by atoms with Gasteiger partial charge in [0.2, 0.25) is 0 Å². The maximum absolute atomic E-state index is 13.0. The molecule has 0 heterocycles. The van der Waals surface area contributed by atoms with E-state index >= 15 is 0 Å². The SMILES string of the molecule is Nc1ccc(C(=O)NC2CCCCC2C(F)(F)F)cc1Br. The van der Waals surface area contributed by atoms with E-state index in [1.807, 2.05) is 0 Å². The van der Waals surface area contributed by atoms with Gasteiger partial charge in [0.25, 0.3) is 5.91 Å². The minimum atomic E-state index is -4.28. The number of carbonyl (C=O) groups is 1. The van der Waals surface area contributed by atoms with Crippen LogP contribution in [0.4, 0.5) is 18.9 Å². The van der Waals surface area contributed by atoms with Crippen LogP contribution in [0.2, 0.25) is 0 Å². The van der Waals surface area contributed by atoms with E-state index in [0.29, 0.717) is 35.0 Å². The largest absolute Gasteiger partial charge is 0.398 e. The van der Waals surface area contributed by atoms with Gasteiger partial charge in [0.1, 0.15) is 0 Å². The molecule has 2 rings (SSSR count). The van der Waals surface area contributed by atoms with Gasteiger partial charge in [-0.25, -0.2) is 0 Å². The van der Waals surface area contributed by atoms with Crippen molar-refractivity contribution in [2.24, 2.45) is 5.92 Å². The molecule has 2 unspecified atom stereocenters. The van der Waals surface area contributed by atoms with Crippen molar-refractivity contribution < 1.29 is 18.0 Å². The highest BCUT2D eigenvalue weighted by molar-refractivity contribution is 9.10. The van der Waals surface area contributed by atoms with Crippen LogP contribution in [0.1, 0.15) is 36.0 Å². The molecule has 3 N–H and O–H groups in total. The number of carbonyl (C=O) groups excluding carboxylic acids is 1. The molecule has 0 radical (unpaired) electrons. The number of alkyl halides is 3. The average molecular weight is 365 g/mol. The minimum absolute atomic E-state index is 0.0693. The van der Waals surface area contributed by atoms with Crippen molar-refractivity contribution in [3.8, 4) is 0 Å². The van der Waals surface area contributed by atoms with Crippen molar-refractivity contribution in [3.05, 3.63) is 28.2 Å². The van der Waals surface area contributed by atoms with Crippen molar-refractivity contribution in [2.75, 3.05) is 5.73 Å². The van der Waals surface area contributed by atoms with Gasteiger partial charge in [0, 0.05) is 21.8 Å². The fraction of sp³-hybridized carbons (Fsp3) is 0.500. The minimum Gasteiger partial charge on any atom is -0.398 e. The Bertz CT molecular complexity index is 533. The van der Waals surface area contributed by atoms with Gasteiger partial charge < -0.3 is 11.1 Å². The van der Waals surface area contributed by atoms with Crippen LogP contribution in [0.25, 0.3) is 0 Å². The molecule has 0 bridgehead atoms. The Labute approximate surface area is 129 Å². The summed E-state index contributed by atoms with van der Waals surface area (Å²) in [6.07, 6.45) is -2.61. The lowest BCUT2D eigenvalue weighted by atomic mass is 9.84. The standard InChI is InChI=1S/C14H16BrF3N2O/c15-10-7-8(5-6-11(10)19)13(21)20-12-4-2-1-3-9(12)14(16,17)18/h5-7,9,12H,1-4,19H2,(H,20,21). The second kappa shape index (κ2) is 6.25. The number of anilines is 1. The van der Waals surface area contributed by atoms with E-state index in [1.54, 1.807) is 6.07 Å². The topological polar surface area (TPSA) is 55.1 Å². The molecule has 7 heteroatoms. The predicted molar refractivity (Wildman–Crippen MR) is 77.8 cm³/mol. The van der Waals surface area contributed by atoms with Crippen LogP contribution in [-0.2, 0) is 0 Å². The zero-order chi connectivity index (χ0) is 15.6. The number of benzene rings is 1. The van der Waals surface area contributed by atoms with Gasteiger partial charge in [-0.1, -0.05) is 12.8 Å². The van der Waals surface area contributed by atoms with Gasteiger partial charge in [0.15, 0.2) is 0 Å². The number of rotatable bonds is 2. The summed E-state index contributed by atoms with van der Waals surface area (Å²) in [5.74, 6) is -1.97. The van der Waals surface area contributed by atoms with Gasteiger partial charge in [-0.05, 0) is 47.0 Å². The molecule has 3 nitrogen and oxygen atoms in total. The normalized spacial score (nSPS) is 22.9. The molecule has 0 aliphatic heterocycles. The van der Waals surface area contributed by atoms with E-state index in [-0.39, 0.29) is 6.42 Å². The Hall–Kier alpha value is -1.24. The summed E-state index contributed by atoms with van der Waals surface area (Å²) in [7, 11) is 0. The van der Waals surface area contributed by atoms with Crippen LogP contribution in [0.15, 0.2) is 22.7 Å². The van der Waals surface area contributed by atoms with Crippen LogP contribution >= 0.6 is 15.9 Å². The van der Waals surface area contributed by atoms with Gasteiger partial charge in [-0.15, -0.1) is 0 Å². The van der Waals surface area contributed by atoms with E-state index in [0.717, 1.165) is 0 Å². The number of nitrogens with one attached hydrogen (secondary N) is 1. The molecule has 1 aromatic carbocycles. The fourth-order valence-corrected chi connectivity index (χ4v) is 2.99. The lowest BCUT2D eigenvalue weighted by Gasteiger charge is -2.33. The van der Waals surface area contributed by atoms with Crippen LogP contribution < -0.4 is 11.1 Å². The smallest absolute Gasteiger partial charge is 0.393 e. The Morgan fingerprint density at radius 2 is 1.95 bits per heavy atom. The van der Waals surface area contributed by atoms with Gasteiger partial charge in [-0.3, -0.25) is 4.79 Å². The summed E-state index contributed by atoms with van der Waals surface area (Å²) >= 11 is 3.20. The molecule has 0 spiro atoms. The highest BCUT2D eigenvalue weighted by Gasteiger charge is 2.45. The molecule has 2 atom stereocenters. The molecule has 116 valence electrons. The Morgan fingerprint density at radius 1 is 1.29 bits per heavy atom. The summed E-state index contributed by atoms with van der Waals surface area (Å²) < 4.78 is 39.5. The highest BCUT2D eigenvalue weighted by Crippen LogP contribution is 2.37. The summed E-state index contributed by atoms with van der Waals surface area (Å²) in [6, 6.07) is 3.69. The number of nitrogen functional groups attached to an aromatic ring is 1. The van der Waals surface area contributed by atoms with Crippen molar-refractivity contribution in [1.82, 2.24) is 5.32 Å². The number of nitrogens with two attached hydrogens (primary N) is 1. The summed E-state index contributed by atoms with van der Waals surface area (Å²) in [5, 5.41) is 2.52. The fourth-order valence-electron chi connectivity index (χ4n) is 2.62. The van der Waals surface area contributed by atoms with Crippen LogP contribution in [0, 0.1) is 5.92 Å². The zero-order valence-electron chi connectivity index (χ0n) is 11.2. The molecular formula is C14H16BrF3N2O. The number of hydrogen-bond acceptors (Lipinski definition) is 2. The summed E-state index contributed by atoms with van der Waals surface area (Å²) in [5.41, 5.74) is 6.39.